The Morgan fingerprint density at radius 3 is 1.25 bits per heavy atom. The van der Waals surface area contributed by atoms with E-state index in [2.05, 4.69) is 48.5 Å². The van der Waals surface area contributed by atoms with E-state index in [0.29, 0.717) is 5.41 Å². The average Bonchev–Trinajstić information content (AvgIpc) is 2.23. The van der Waals surface area contributed by atoms with Crippen LogP contribution in [0.25, 0.3) is 0 Å². The minimum Gasteiger partial charge on any atom is -0.0654 e. The van der Waals surface area contributed by atoms with Gasteiger partial charge < -0.3 is 0 Å². The average molecular weight is 228 g/mol. The molecule has 1 atom stereocenters. The molecule has 0 N–H and O–H groups in total. The maximum absolute atomic E-state index is 2.31. The van der Waals surface area contributed by atoms with Crippen LogP contribution in [-0.2, 0) is 0 Å². The summed E-state index contributed by atoms with van der Waals surface area (Å²) in [5, 5.41) is 0. The predicted octanol–water partition coefficient (Wildman–Crippen LogP) is 6.45. The van der Waals surface area contributed by atoms with E-state index < -0.39 is 0 Å². The van der Waals surface area contributed by atoms with Gasteiger partial charge in [-0.05, 0) is 11.3 Å². The van der Waals surface area contributed by atoms with Gasteiger partial charge >= 0.3 is 0 Å². The van der Waals surface area contributed by atoms with Crippen LogP contribution in [-0.4, -0.2) is 0 Å². The molecular weight excluding hydrogens is 192 g/mol. The van der Waals surface area contributed by atoms with Gasteiger partial charge in [-0.2, -0.15) is 0 Å². The standard InChI is InChI=1S/2C8H18/c1-6-7(2)8(3,4)5;1-3-5-7-8-6-4-2/h7H,6H2,1-5H3;3-8H2,1-2H3. The van der Waals surface area contributed by atoms with Gasteiger partial charge in [-0.15, -0.1) is 0 Å². The molecule has 0 radical (unpaired) electrons. The van der Waals surface area contributed by atoms with Crippen LogP contribution in [0.1, 0.15) is 93.4 Å². The Morgan fingerprint density at radius 2 is 1.12 bits per heavy atom. The van der Waals surface area contributed by atoms with Gasteiger partial charge in [-0.25, -0.2) is 0 Å². The van der Waals surface area contributed by atoms with Gasteiger partial charge in [0.1, 0.15) is 0 Å². The molecule has 0 amide bonds. The zero-order valence-electron chi connectivity index (χ0n) is 13.0. The summed E-state index contributed by atoms with van der Waals surface area (Å²) >= 11 is 0. The lowest BCUT2D eigenvalue weighted by molar-refractivity contribution is 0.254. The topological polar surface area (TPSA) is 0 Å². The summed E-state index contributed by atoms with van der Waals surface area (Å²) in [6.07, 6.45) is 9.78. The van der Waals surface area contributed by atoms with E-state index in [1.165, 1.54) is 44.9 Å². The number of unbranched alkanes of at least 4 members (excludes halogenated alkanes) is 5. The number of hydrogen-bond acceptors (Lipinski definition) is 0. The van der Waals surface area contributed by atoms with E-state index in [1.54, 1.807) is 0 Å². The van der Waals surface area contributed by atoms with Gasteiger partial charge in [-0.3, -0.25) is 0 Å². The highest BCUT2D eigenvalue weighted by molar-refractivity contribution is 4.67. The highest BCUT2D eigenvalue weighted by Gasteiger charge is 2.16. The van der Waals surface area contributed by atoms with Crippen molar-refractivity contribution in [2.45, 2.75) is 93.4 Å². The molecule has 16 heavy (non-hydrogen) atoms. The molecule has 0 aliphatic rings. The van der Waals surface area contributed by atoms with E-state index in [9.17, 15) is 0 Å². The monoisotopic (exact) mass is 228 g/mol. The summed E-state index contributed by atoms with van der Waals surface area (Å²) in [5.41, 5.74) is 0.509. The van der Waals surface area contributed by atoms with Crippen LogP contribution in [0.15, 0.2) is 0 Å². The molecule has 0 aromatic rings. The number of rotatable bonds is 6. The third-order valence-corrected chi connectivity index (χ3v) is 3.55. The second kappa shape index (κ2) is 11.5. The van der Waals surface area contributed by atoms with E-state index >= 15 is 0 Å². The summed E-state index contributed by atoms with van der Waals surface area (Å²) < 4.78 is 0. The minimum absolute atomic E-state index is 0.509. The molecule has 0 spiro atoms. The maximum Gasteiger partial charge on any atom is -0.0357 e. The Balaban J connectivity index is 0. The molecule has 0 saturated heterocycles. The van der Waals surface area contributed by atoms with Crippen LogP contribution in [0.5, 0.6) is 0 Å². The number of hydrogen-bond donors (Lipinski definition) is 0. The molecule has 0 nitrogen and oxygen atoms in total. The fourth-order valence-electron chi connectivity index (χ4n) is 1.47. The Hall–Kier alpha value is 0. The van der Waals surface area contributed by atoms with Crippen LogP contribution < -0.4 is 0 Å². The first kappa shape index (κ1) is 18.4. The predicted molar refractivity (Wildman–Crippen MR) is 78.0 cm³/mol. The molecule has 0 aromatic carbocycles. The van der Waals surface area contributed by atoms with Crippen molar-refractivity contribution in [1.29, 1.82) is 0 Å². The zero-order chi connectivity index (χ0) is 13.0. The molecule has 0 saturated carbocycles. The summed E-state index contributed by atoms with van der Waals surface area (Å²) in [6.45, 7) is 15.9. The zero-order valence-corrected chi connectivity index (χ0v) is 13.0. The molecular formula is C16H36. The first-order chi connectivity index (χ1) is 7.40. The molecule has 100 valence electrons. The Bertz CT molecular complexity index is 112. The summed E-state index contributed by atoms with van der Waals surface area (Å²) in [4.78, 5) is 0. The van der Waals surface area contributed by atoms with Crippen molar-refractivity contribution in [2.24, 2.45) is 11.3 Å². The van der Waals surface area contributed by atoms with Crippen LogP contribution >= 0.6 is 0 Å². The lowest BCUT2D eigenvalue weighted by Crippen LogP contribution is -2.15. The maximum atomic E-state index is 2.31. The fourth-order valence-corrected chi connectivity index (χ4v) is 1.47. The SMILES string of the molecule is CCC(C)C(C)(C)C.CCCCCCCC. The summed E-state index contributed by atoms with van der Waals surface area (Å²) in [6, 6.07) is 0. The highest BCUT2D eigenvalue weighted by atomic mass is 14.2. The molecule has 0 aromatic heterocycles. The van der Waals surface area contributed by atoms with Crippen molar-refractivity contribution in [3.8, 4) is 0 Å². The third kappa shape index (κ3) is 14.0. The van der Waals surface area contributed by atoms with E-state index in [1.807, 2.05) is 0 Å². The Kier molecular flexibility index (Phi) is 13.2. The highest BCUT2D eigenvalue weighted by Crippen LogP contribution is 2.27. The van der Waals surface area contributed by atoms with Gasteiger partial charge in [-0.1, -0.05) is 93.4 Å². The molecule has 1 unspecified atom stereocenters. The van der Waals surface area contributed by atoms with Gasteiger partial charge in [0.25, 0.3) is 0 Å². The molecule has 0 fully saturated rings. The van der Waals surface area contributed by atoms with Gasteiger partial charge in [0.2, 0.25) is 0 Å². The van der Waals surface area contributed by atoms with E-state index in [-0.39, 0.29) is 0 Å². The second-order valence-electron chi connectivity index (χ2n) is 6.09. The van der Waals surface area contributed by atoms with Crippen LogP contribution in [0.2, 0.25) is 0 Å². The quantitative estimate of drug-likeness (QED) is 0.458. The van der Waals surface area contributed by atoms with Gasteiger partial charge in [0.05, 0.1) is 0 Å². The van der Waals surface area contributed by atoms with Crippen LogP contribution in [0, 0.1) is 11.3 Å². The molecule has 0 heteroatoms. The molecule has 0 heterocycles. The van der Waals surface area contributed by atoms with Crippen molar-refractivity contribution < 1.29 is 0 Å². The van der Waals surface area contributed by atoms with Crippen molar-refractivity contribution in [2.75, 3.05) is 0 Å². The molecule has 0 aliphatic carbocycles. The van der Waals surface area contributed by atoms with Crippen molar-refractivity contribution in [3.63, 3.8) is 0 Å². The fraction of sp³-hybridized carbons (Fsp3) is 1.00. The summed E-state index contributed by atoms with van der Waals surface area (Å²) in [7, 11) is 0. The lowest BCUT2D eigenvalue weighted by atomic mass is 9.81. The minimum atomic E-state index is 0.509. The molecule has 0 rings (SSSR count). The largest absolute Gasteiger partial charge is 0.0654 e. The lowest BCUT2D eigenvalue weighted by Gasteiger charge is -2.25. The first-order valence-electron chi connectivity index (χ1n) is 7.40. The van der Waals surface area contributed by atoms with Crippen LogP contribution in [0.4, 0.5) is 0 Å². The first-order valence-corrected chi connectivity index (χ1v) is 7.40. The molecule has 0 aliphatic heterocycles. The van der Waals surface area contributed by atoms with Crippen LogP contribution in [0.3, 0.4) is 0 Å². The Morgan fingerprint density at radius 1 is 0.750 bits per heavy atom. The Labute approximate surface area is 105 Å². The van der Waals surface area contributed by atoms with Crippen molar-refractivity contribution in [3.05, 3.63) is 0 Å². The van der Waals surface area contributed by atoms with Gasteiger partial charge in [0, 0.05) is 0 Å². The smallest absolute Gasteiger partial charge is 0.0357 e. The van der Waals surface area contributed by atoms with Crippen molar-refractivity contribution in [1.82, 2.24) is 0 Å². The molecule has 0 bridgehead atoms. The third-order valence-electron chi connectivity index (χ3n) is 3.55. The van der Waals surface area contributed by atoms with Gasteiger partial charge in [0.15, 0.2) is 0 Å². The summed E-state index contributed by atoms with van der Waals surface area (Å²) in [5.74, 6) is 0.850. The van der Waals surface area contributed by atoms with E-state index in [4.69, 9.17) is 0 Å². The second-order valence-corrected chi connectivity index (χ2v) is 6.09. The van der Waals surface area contributed by atoms with Crippen molar-refractivity contribution >= 4 is 0 Å². The normalized spacial score (nSPS) is 12.9. The van der Waals surface area contributed by atoms with E-state index in [0.717, 1.165) is 5.92 Å².